The van der Waals surface area contributed by atoms with Crippen molar-refractivity contribution < 1.29 is 42.9 Å². The molecule has 4 aromatic carbocycles. The molecule has 8 rings (SSSR count). The molecule has 0 spiro atoms. The lowest BCUT2D eigenvalue weighted by molar-refractivity contribution is 0.0942. The van der Waals surface area contributed by atoms with Gasteiger partial charge in [0.1, 0.15) is 34.5 Å². The topological polar surface area (TPSA) is 220 Å². The highest BCUT2D eigenvalue weighted by atomic mass is 35.5. The van der Waals surface area contributed by atoms with Crippen LogP contribution in [0.25, 0.3) is 21.8 Å². The van der Waals surface area contributed by atoms with Gasteiger partial charge in [0, 0.05) is 59.5 Å². The third kappa shape index (κ3) is 9.64. The summed E-state index contributed by atoms with van der Waals surface area (Å²) in [5.41, 5.74) is 1.45. The van der Waals surface area contributed by atoms with E-state index in [2.05, 4.69) is 41.9 Å². The van der Waals surface area contributed by atoms with Crippen molar-refractivity contribution in [3.63, 3.8) is 0 Å². The Morgan fingerprint density at radius 3 is 1.34 bits per heavy atom. The summed E-state index contributed by atoms with van der Waals surface area (Å²) in [5, 5.41) is 16.7. The van der Waals surface area contributed by atoms with Gasteiger partial charge < -0.3 is 40.2 Å². The first kappa shape index (κ1) is 41.4. The van der Waals surface area contributed by atoms with Crippen LogP contribution in [0, 0.1) is 0 Å². The molecule has 62 heavy (non-hydrogen) atoms. The number of benzene rings is 4. The van der Waals surface area contributed by atoms with Crippen molar-refractivity contribution in [1.82, 2.24) is 31.2 Å². The minimum atomic E-state index is -1.14. The second-order valence-corrected chi connectivity index (χ2v) is 15.0. The number of hydrogen-bond acceptors (Lipinski definition) is 11. The number of amides is 8. The van der Waals surface area contributed by atoms with Gasteiger partial charge in [-0.3, -0.25) is 30.2 Å². The number of anilines is 2. The zero-order chi connectivity index (χ0) is 43.5. The Bertz CT molecular complexity index is 2610. The van der Waals surface area contributed by atoms with E-state index < -0.39 is 17.8 Å². The minimum absolute atomic E-state index is 0.0682. The maximum absolute atomic E-state index is 13.6. The molecule has 2 aliphatic rings. The highest BCUT2D eigenvalue weighted by molar-refractivity contribution is 6.34. The van der Waals surface area contributed by atoms with Crippen molar-refractivity contribution in [3.05, 3.63) is 106 Å². The van der Waals surface area contributed by atoms with Crippen molar-refractivity contribution in [2.45, 2.75) is 37.8 Å². The van der Waals surface area contributed by atoms with Crippen LogP contribution in [-0.4, -0.2) is 66.2 Å². The van der Waals surface area contributed by atoms with E-state index in [9.17, 15) is 24.0 Å². The second kappa shape index (κ2) is 17.7. The Kier molecular flexibility index (Phi) is 11.8. The third-order valence-corrected chi connectivity index (χ3v) is 10.3. The minimum Gasteiger partial charge on any atom is -0.496 e. The summed E-state index contributed by atoms with van der Waals surface area (Å²) in [5.74, 6) is -0.386. The first-order chi connectivity index (χ1) is 29.9. The fourth-order valence-electron chi connectivity index (χ4n) is 6.26. The summed E-state index contributed by atoms with van der Waals surface area (Å²) < 4.78 is 23.2. The monoisotopic (exact) mass is 878 g/mol. The number of fused-ring (bicyclic) bond motifs is 2. The highest BCUT2D eigenvalue weighted by Crippen LogP contribution is 2.37. The molecule has 0 atom stereocenters. The van der Waals surface area contributed by atoms with E-state index in [4.69, 9.17) is 42.1 Å². The number of imide groups is 2. The Balaban J connectivity index is 0.967. The fraction of sp³-hybridized carbons (Fsp3) is 0.186. The van der Waals surface area contributed by atoms with Crippen LogP contribution in [-0.2, 0) is 0 Å². The molecular weight excluding hydrogens is 843 g/mol. The molecule has 2 aromatic heterocycles. The summed E-state index contributed by atoms with van der Waals surface area (Å²) >= 11 is 12.9. The molecule has 2 saturated carbocycles. The van der Waals surface area contributed by atoms with Gasteiger partial charge in [-0.25, -0.2) is 14.4 Å². The molecule has 0 saturated heterocycles. The zero-order valence-electron chi connectivity index (χ0n) is 32.9. The molecule has 0 unspecified atom stereocenters. The fourth-order valence-corrected chi connectivity index (χ4v) is 6.69. The molecule has 19 heteroatoms. The summed E-state index contributed by atoms with van der Waals surface area (Å²) in [6.45, 7) is 0. The number of halogens is 2. The molecule has 6 aromatic rings. The average molecular weight is 880 g/mol. The van der Waals surface area contributed by atoms with E-state index in [1.165, 1.54) is 63.0 Å². The molecule has 2 aliphatic carbocycles. The summed E-state index contributed by atoms with van der Waals surface area (Å²) in [6, 6.07) is 17.0. The number of ether oxygens (including phenoxy) is 4. The van der Waals surface area contributed by atoms with Crippen LogP contribution in [0.5, 0.6) is 34.5 Å². The maximum Gasteiger partial charge on any atom is 0.328 e. The van der Waals surface area contributed by atoms with Gasteiger partial charge in [0.15, 0.2) is 0 Å². The summed E-state index contributed by atoms with van der Waals surface area (Å²) in [4.78, 5) is 73.6. The number of urea groups is 3. The van der Waals surface area contributed by atoms with Gasteiger partial charge in [-0.2, -0.15) is 0 Å². The SMILES string of the molecule is COc1cc2nccc(Oc3ccc(NC(=O)NC4CC4)c(Cl)c3)c2cc1C(=O)NC(=O)NC(=O)c1cc2c(Oc3ccc(NC(=O)NC4CC4)c(Cl)c3)ccnc2cc1OC. The van der Waals surface area contributed by atoms with E-state index in [0.29, 0.717) is 56.2 Å². The molecule has 0 radical (unpaired) electrons. The smallest absolute Gasteiger partial charge is 0.328 e. The van der Waals surface area contributed by atoms with Crippen LogP contribution in [0.1, 0.15) is 46.4 Å². The first-order valence-corrected chi connectivity index (χ1v) is 19.9. The van der Waals surface area contributed by atoms with Crippen molar-refractivity contribution in [2.75, 3.05) is 24.9 Å². The number of carbonyl (C=O) groups is 5. The van der Waals surface area contributed by atoms with Crippen LogP contribution < -0.4 is 50.8 Å². The predicted octanol–water partition coefficient (Wildman–Crippen LogP) is 8.54. The maximum atomic E-state index is 13.6. The van der Waals surface area contributed by atoms with E-state index in [-0.39, 0.29) is 56.8 Å². The van der Waals surface area contributed by atoms with Gasteiger partial charge in [-0.15, -0.1) is 0 Å². The Morgan fingerprint density at radius 2 is 0.968 bits per heavy atom. The van der Waals surface area contributed by atoms with Gasteiger partial charge in [0.25, 0.3) is 11.8 Å². The van der Waals surface area contributed by atoms with Crippen molar-refractivity contribution in [2.24, 2.45) is 0 Å². The number of hydrogen-bond donors (Lipinski definition) is 6. The molecule has 2 heterocycles. The number of nitrogens with zero attached hydrogens (tertiary/aromatic N) is 2. The molecule has 2 fully saturated rings. The average Bonchev–Trinajstić information content (AvgIpc) is 4.20. The van der Waals surface area contributed by atoms with Crippen LogP contribution in [0.2, 0.25) is 10.0 Å². The second-order valence-electron chi connectivity index (χ2n) is 14.2. The lowest BCUT2D eigenvalue weighted by atomic mass is 10.1. The number of aromatic nitrogens is 2. The number of methoxy groups -OCH3 is 2. The van der Waals surface area contributed by atoms with E-state index >= 15 is 0 Å². The summed E-state index contributed by atoms with van der Waals surface area (Å²) in [7, 11) is 2.70. The lowest BCUT2D eigenvalue weighted by Gasteiger charge is -2.15. The lowest BCUT2D eigenvalue weighted by Crippen LogP contribution is -2.42. The molecule has 17 nitrogen and oxygen atoms in total. The molecular formula is C43H36Cl2N8O9. The molecule has 0 bridgehead atoms. The number of rotatable bonds is 12. The molecule has 0 aliphatic heterocycles. The van der Waals surface area contributed by atoms with E-state index in [0.717, 1.165) is 25.7 Å². The molecule has 6 N–H and O–H groups in total. The van der Waals surface area contributed by atoms with Gasteiger partial charge in [-0.1, -0.05) is 23.2 Å². The quantitative estimate of drug-likeness (QED) is 0.0684. The number of nitrogens with one attached hydrogen (secondary N) is 6. The first-order valence-electron chi connectivity index (χ1n) is 19.1. The van der Waals surface area contributed by atoms with Crippen molar-refractivity contribution >= 4 is 86.3 Å². The van der Waals surface area contributed by atoms with Gasteiger partial charge in [0.05, 0.1) is 57.8 Å². The van der Waals surface area contributed by atoms with E-state index in [1.807, 2.05) is 0 Å². The highest BCUT2D eigenvalue weighted by Gasteiger charge is 2.26. The number of pyridine rings is 2. The van der Waals surface area contributed by atoms with Gasteiger partial charge in [-0.05, 0) is 74.2 Å². The van der Waals surface area contributed by atoms with Crippen molar-refractivity contribution in [1.29, 1.82) is 0 Å². The van der Waals surface area contributed by atoms with Crippen LogP contribution in [0.4, 0.5) is 25.8 Å². The zero-order valence-corrected chi connectivity index (χ0v) is 34.4. The normalized spacial score (nSPS) is 13.1. The predicted molar refractivity (Wildman–Crippen MR) is 230 cm³/mol. The van der Waals surface area contributed by atoms with E-state index in [1.54, 1.807) is 36.4 Å². The number of carbonyl (C=O) groups excluding carboxylic acids is 5. The van der Waals surface area contributed by atoms with Crippen molar-refractivity contribution in [3.8, 4) is 34.5 Å². The largest absolute Gasteiger partial charge is 0.496 e. The molecule has 8 amide bonds. The van der Waals surface area contributed by atoms with Gasteiger partial charge in [0.2, 0.25) is 0 Å². The molecule has 316 valence electrons. The van der Waals surface area contributed by atoms with Crippen LogP contribution >= 0.6 is 23.2 Å². The standard InChI is InChI=1S/C43H36Cl2N8O9/c1-59-37-19-33-25(35(11-13-46-33)61-23-7-9-31(29(44)15-23)50-41(56)48-21-3-4-21)17-27(37)39(54)52-43(58)53-40(55)28-18-26-34(20-38(28)60-2)47-14-12-36(26)62-24-8-10-32(30(45)16-24)51-42(57)49-22-5-6-22/h7-22H,3-6H2,1-2H3,(H2,48,50,56)(H2,49,51,57)(H2,52,53,54,55,58). The Morgan fingerprint density at radius 1 is 0.548 bits per heavy atom. The Hall–Kier alpha value is -7.37. The third-order valence-electron chi connectivity index (χ3n) is 9.65. The van der Waals surface area contributed by atoms with Crippen LogP contribution in [0.3, 0.4) is 0 Å². The van der Waals surface area contributed by atoms with Gasteiger partial charge >= 0.3 is 18.1 Å². The summed E-state index contributed by atoms with van der Waals surface area (Å²) in [6.07, 6.45) is 6.76. The Labute approximate surface area is 362 Å². The van der Waals surface area contributed by atoms with Crippen LogP contribution in [0.15, 0.2) is 85.2 Å².